The fraction of sp³-hybridized carbons (Fsp3) is 0.136. The minimum absolute atomic E-state index is 0.409. The zero-order chi connectivity index (χ0) is 20.1. The lowest BCUT2D eigenvalue weighted by atomic mass is 10.2. The zero-order valence-corrected chi connectivity index (χ0v) is 16.1. The molecule has 1 N–H and O–H groups in total. The molecule has 7 heteroatoms. The van der Waals surface area contributed by atoms with E-state index in [0.29, 0.717) is 35.6 Å². The van der Waals surface area contributed by atoms with Gasteiger partial charge in [0, 0.05) is 18.3 Å². The molecule has 0 aliphatic heterocycles. The number of nitrogens with one attached hydrogen (secondary N) is 1. The largest absolute Gasteiger partial charge is 0.493 e. The van der Waals surface area contributed by atoms with Crippen LogP contribution in [0.1, 0.15) is 5.56 Å². The van der Waals surface area contributed by atoms with Crippen LogP contribution in [0, 0.1) is 0 Å². The summed E-state index contributed by atoms with van der Waals surface area (Å²) in [5.74, 6) is 2.90. The first kappa shape index (κ1) is 18.5. The van der Waals surface area contributed by atoms with Gasteiger partial charge in [-0.15, -0.1) is 10.2 Å². The van der Waals surface area contributed by atoms with E-state index < -0.39 is 0 Å². The maximum absolute atomic E-state index is 5.88. The summed E-state index contributed by atoms with van der Waals surface area (Å²) in [5, 5.41) is 11.7. The third kappa shape index (κ3) is 4.03. The van der Waals surface area contributed by atoms with Crippen molar-refractivity contribution in [2.45, 2.75) is 6.54 Å². The molecule has 7 nitrogen and oxygen atoms in total. The molecule has 146 valence electrons. The highest BCUT2D eigenvalue weighted by Gasteiger charge is 2.15. The Labute approximate surface area is 168 Å². The number of hydrogen-bond acceptors (Lipinski definition) is 7. The fourth-order valence-corrected chi connectivity index (χ4v) is 2.92. The molecular formula is C22H20N4O3. The van der Waals surface area contributed by atoms with Crippen molar-refractivity contribution in [1.29, 1.82) is 0 Å². The molecule has 2 heterocycles. The van der Waals surface area contributed by atoms with Gasteiger partial charge in [-0.3, -0.25) is 0 Å². The van der Waals surface area contributed by atoms with Gasteiger partial charge < -0.3 is 19.2 Å². The van der Waals surface area contributed by atoms with Gasteiger partial charge in [0.05, 0.1) is 19.8 Å². The number of nitrogens with zero attached hydrogens (tertiary/aromatic N) is 3. The van der Waals surface area contributed by atoms with Crippen molar-refractivity contribution >= 4 is 5.82 Å². The second kappa shape index (κ2) is 8.43. The Morgan fingerprint density at radius 2 is 1.66 bits per heavy atom. The molecule has 0 bridgehead atoms. The number of methoxy groups -OCH3 is 2. The summed E-state index contributed by atoms with van der Waals surface area (Å²) in [7, 11) is 3.23. The minimum Gasteiger partial charge on any atom is -0.493 e. The Balaban J connectivity index is 1.56. The summed E-state index contributed by atoms with van der Waals surface area (Å²) in [6, 6.07) is 19.2. The molecule has 0 unspecified atom stereocenters. The van der Waals surface area contributed by atoms with Crippen molar-refractivity contribution in [3.63, 3.8) is 0 Å². The van der Waals surface area contributed by atoms with Crippen LogP contribution in [-0.2, 0) is 6.54 Å². The van der Waals surface area contributed by atoms with Gasteiger partial charge in [-0.1, -0.05) is 24.3 Å². The molecule has 0 amide bonds. The standard InChI is InChI=1S/C22H20N4O3/c1-27-18-11-10-15(13-19(18)28-2)14-24-20-17(9-6-12-23-20)22-26-25-21(29-22)16-7-4-3-5-8-16/h3-13H,14H2,1-2H3,(H,23,24). The predicted octanol–water partition coefficient (Wildman–Crippen LogP) is 4.43. The van der Waals surface area contributed by atoms with Crippen LogP contribution >= 0.6 is 0 Å². The van der Waals surface area contributed by atoms with Crippen molar-refractivity contribution in [3.05, 3.63) is 72.4 Å². The van der Waals surface area contributed by atoms with Crippen LogP contribution in [-0.4, -0.2) is 29.4 Å². The highest BCUT2D eigenvalue weighted by atomic mass is 16.5. The van der Waals surface area contributed by atoms with Gasteiger partial charge in [0.25, 0.3) is 5.89 Å². The molecule has 0 fully saturated rings. The van der Waals surface area contributed by atoms with Crippen LogP contribution in [0.15, 0.2) is 71.3 Å². The molecule has 2 aromatic heterocycles. The first-order valence-corrected chi connectivity index (χ1v) is 9.07. The molecule has 29 heavy (non-hydrogen) atoms. The van der Waals surface area contributed by atoms with E-state index in [4.69, 9.17) is 13.9 Å². The van der Waals surface area contributed by atoms with E-state index in [2.05, 4.69) is 20.5 Å². The van der Waals surface area contributed by atoms with Crippen LogP contribution in [0.2, 0.25) is 0 Å². The third-order valence-corrected chi connectivity index (χ3v) is 4.39. The number of pyridine rings is 1. The maximum Gasteiger partial charge on any atom is 0.251 e. The zero-order valence-electron chi connectivity index (χ0n) is 16.1. The molecule has 0 spiro atoms. The first-order valence-electron chi connectivity index (χ1n) is 9.07. The van der Waals surface area contributed by atoms with E-state index >= 15 is 0 Å². The molecule has 0 saturated carbocycles. The second-order valence-electron chi connectivity index (χ2n) is 6.22. The summed E-state index contributed by atoms with van der Waals surface area (Å²) in [4.78, 5) is 4.43. The lowest BCUT2D eigenvalue weighted by molar-refractivity contribution is 0.354. The summed E-state index contributed by atoms with van der Waals surface area (Å²) < 4.78 is 16.5. The summed E-state index contributed by atoms with van der Waals surface area (Å²) in [5.41, 5.74) is 2.63. The van der Waals surface area contributed by atoms with E-state index in [1.165, 1.54) is 0 Å². The van der Waals surface area contributed by atoms with Crippen LogP contribution in [0.4, 0.5) is 5.82 Å². The molecule has 0 aliphatic rings. The molecule has 0 atom stereocenters. The summed E-state index contributed by atoms with van der Waals surface area (Å²) in [6.07, 6.45) is 1.72. The first-order chi connectivity index (χ1) is 14.3. The normalized spacial score (nSPS) is 10.6. The highest BCUT2D eigenvalue weighted by molar-refractivity contribution is 5.69. The minimum atomic E-state index is 0.409. The van der Waals surface area contributed by atoms with Gasteiger partial charge in [-0.05, 0) is 42.0 Å². The van der Waals surface area contributed by atoms with E-state index in [1.807, 2.05) is 60.7 Å². The number of anilines is 1. The monoisotopic (exact) mass is 388 g/mol. The van der Waals surface area contributed by atoms with Gasteiger partial charge in [0.15, 0.2) is 11.5 Å². The molecule has 0 saturated heterocycles. The smallest absolute Gasteiger partial charge is 0.251 e. The van der Waals surface area contributed by atoms with E-state index in [-0.39, 0.29) is 0 Å². The Bertz CT molecular complexity index is 1100. The predicted molar refractivity (Wildman–Crippen MR) is 110 cm³/mol. The van der Waals surface area contributed by atoms with Gasteiger partial charge in [0.1, 0.15) is 5.82 Å². The van der Waals surface area contributed by atoms with Crippen molar-refractivity contribution in [2.75, 3.05) is 19.5 Å². The lowest BCUT2D eigenvalue weighted by Crippen LogP contribution is -2.03. The van der Waals surface area contributed by atoms with Gasteiger partial charge in [-0.2, -0.15) is 0 Å². The number of ether oxygens (including phenoxy) is 2. The van der Waals surface area contributed by atoms with Crippen LogP contribution in [0.25, 0.3) is 22.9 Å². The molecule has 0 radical (unpaired) electrons. The fourth-order valence-electron chi connectivity index (χ4n) is 2.92. The number of rotatable bonds is 7. The highest BCUT2D eigenvalue weighted by Crippen LogP contribution is 2.30. The van der Waals surface area contributed by atoms with Crippen molar-refractivity contribution in [3.8, 4) is 34.4 Å². The van der Waals surface area contributed by atoms with E-state index in [0.717, 1.165) is 16.7 Å². The number of benzene rings is 2. The van der Waals surface area contributed by atoms with Crippen LogP contribution in [0.5, 0.6) is 11.5 Å². The average molecular weight is 388 g/mol. The van der Waals surface area contributed by atoms with Gasteiger partial charge in [0.2, 0.25) is 5.89 Å². The lowest BCUT2D eigenvalue weighted by Gasteiger charge is -2.11. The average Bonchev–Trinajstić information content (AvgIpc) is 3.28. The van der Waals surface area contributed by atoms with E-state index in [9.17, 15) is 0 Å². The SMILES string of the molecule is COc1ccc(CNc2ncccc2-c2nnc(-c3ccccc3)o2)cc1OC. The Kier molecular flexibility index (Phi) is 5.38. The third-order valence-electron chi connectivity index (χ3n) is 4.39. The Hall–Kier alpha value is -3.87. The Morgan fingerprint density at radius 1 is 0.862 bits per heavy atom. The van der Waals surface area contributed by atoms with Gasteiger partial charge in [-0.25, -0.2) is 4.98 Å². The maximum atomic E-state index is 5.88. The molecule has 0 aliphatic carbocycles. The van der Waals surface area contributed by atoms with E-state index in [1.54, 1.807) is 20.4 Å². The van der Waals surface area contributed by atoms with Crippen molar-refractivity contribution in [2.24, 2.45) is 0 Å². The summed E-state index contributed by atoms with van der Waals surface area (Å²) in [6.45, 7) is 0.546. The molecule has 4 rings (SSSR count). The molecule has 2 aromatic carbocycles. The molecule has 4 aromatic rings. The quantitative estimate of drug-likeness (QED) is 0.501. The van der Waals surface area contributed by atoms with Crippen LogP contribution in [0.3, 0.4) is 0 Å². The van der Waals surface area contributed by atoms with Gasteiger partial charge >= 0.3 is 0 Å². The van der Waals surface area contributed by atoms with Crippen molar-refractivity contribution in [1.82, 2.24) is 15.2 Å². The number of aromatic nitrogens is 3. The number of hydrogen-bond donors (Lipinski definition) is 1. The topological polar surface area (TPSA) is 82.3 Å². The molecular weight excluding hydrogens is 368 g/mol. The van der Waals surface area contributed by atoms with Crippen molar-refractivity contribution < 1.29 is 13.9 Å². The van der Waals surface area contributed by atoms with Crippen LogP contribution < -0.4 is 14.8 Å². The Morgan fingerprint density at radius 3 is 2.45 bits per heavy atom. The second-order valence-corrected chi connectivity index (χ2v) is 6.22. The summed E-state index contributed by atoms with van der Waals surface area (Å²) >= 11 is 0.